The number of aromatic nitrogens is 1. The predicted octanol–water partition coefficient (Wildman–Crippen LogP) is 3.42. The predicted molar refractivity (Wildman–Crippen MR) is 57.9 cm³/mol. The Bertz CT molecular complexity index is 494. The Hall–Kier alpha value is -1.83. The lowest BCUT2D eigenvalue weighted by Crippen LogP contribution is -1.85. The summed E-state index contributed by atoms with van der Waals surface area (Å²) in [4.78, 5) is 4.32. The summed E-state index contributed by atoms with van der Waals surface area (Å²) in [6.45, 7) is 5.68. The highest BCUT2D eigenvalue weighted by atomic mass is 16.3. The largest absolute Gasteiger partial charge is 0.464 e. The van der Waals surface area contributed by atoms with Gasteiger partial charge in [-0.05, 0) is 24.6 Å². The van der Waals surface area contributed by atoms with E-state index >= 15 is 0 Å². The molecule has 0 amide bonds. The minimum absolute atomic E-state index is 0.867. The molecule has 0 unspecified atom stereocenters. The average molecular weight is 185 g/mol. The first-order valence-electron chi connectivity index (χ1n) is 4.45. The Morgan fingerprint density at radius 2 is 2.36 bits per heavy atom. The lowest BCUT2D eigenvalue weighted by molar-refractivity contribution is 0.615. The fourth-order valence-electron chi connectivity index (χ4n) is 1.46. The Labute approximate surface area is 82.6 Å². The number of allylic oxidation sites excluding steroid dienone is 3. The molecule has 0 aromatic carbocycles. The highest BCUT2D eigenvalue weighted by Crippen LogP contribution is 2.23. The molecule has 0 atom stereocenters. The van der Waals surface area contributed by atoms with Gasteiger partial charge in [-0.3, -0.25) is 4.98 Å². The summed E-state index contributed by atoms with van der Waals surface area (Å²) in [5.74, 6) is 0. The summed E-state index contributed by atoms with van der Waals surface area (Å²) in [6.07, 6.45) is 7.13. The Balaban J connectivity index is 2.67. The van der Waals surface area contributed by atoms with Crippen molar-refractivity contribution in [3.8, 4) is 0 Å². The van der Waals surface area contributed by atoms with Crippen LogP contribution in [0.4, 0.5) is 0 Å². The second-order valence-corrected chi connectivity index (χ2v) is 3.08. The molecule has 0 aliphatic heterocycles. The topological polar surface area (TPSA) is 26.0 Å². The molecular formula is C12H11NO. The molecule has 2 aromatic rings. The van der Waals surface area contributed by atoms with Gasteiger partial charge in [0, 0.05) is 11.6 Å². The number of hydrogen-bond donors (Lipinski definition) is 0. The van der Waals surface area contributed by atoms with Crippen LogP contribution in [0.3, 0.4) is 0 Å². The molecule has 0 fully saturated rings. The molecule has 2 aromatic heterocycles. The molecular weight excluding hydrogens is 174 g/mol. The van der Waals surface area contributed by atoms with Crippen LogP contribution in [0.1, 0.15) is 12.6 Å². The van der Waals surface area contributed by atoms with Gasteiger partial charge < -0.3 is 4.42 Å². The van der Waals surface area contributed by atoms with E-state index in [1.165, 1.54) is 0 Å². The van der Waals surface area contributed by atoms with Crippen molar-refractivity contribution in [3.63, 3.8) is 0 Å². The van der Waals surface area contributed by atoms with Crippen molar-refractivity contribution >= 4 is 16.5 Å². The minimum Gasteiger partial charge on any atom is -0.464 e. The van der Waals surface area contributed by atoms with Gasteiger partial charge in [-0.2, -0.15) is 0 Å². The van der Waals surface area contributed by atoms with Gasteiger partial charge in [0.1, 0.15) is 5.58 Å². The number of fused-ring (bicyclic) bond motifs is 1. The number of nitrogens with zero attached hydrogens (tertiary/aromatic N) is 1. The summed E-state index contributed by atoms with van der Waals surface area (Å²) in [5.41, 5.74) is 2.91. The summed E-state index contributed by atoms with van der Waals surface area (Å²) >= 11 is 0. The lowest BCUT2D eigenvalue weighted by atomic mass is 10.1. The van der Waals surface area contributed by atoms with Crippen molar-refractivity contribution < 1.29 is 4.42 Å². The third-order valence-corrected chi connectivity index (χ3v) is 2.12. The molecule has 70 valence electrons. The number of pyridine rings is 1. The quantitative estimate of drug-likeness (QED) is 0.670. The van der Waals surface area contributed by atoms with Gasteiger partial charge in [0.2, 0.25) is 0 Å². The van der Waals surface area contributed by atoms with E-state index in [1.807, 2.05) is 25.1 Å². The maximum Gasteiger partial charge on any atom is 0.137 e. The molecule has 0 saturated heterocycles. The van der Waals surface area contributed by atoms with Crippen molar-refractivity contribution in [1.82, 2.24) is 4.98 Å². The van der Waals surface area contributed by atoms with Gasteiger partial charge >= 0.3 is 0 Å². The third-order valence-electron chi connectivity index (χ3n) is 2.12. The van der Waals surface area contributed by atoms with Crippen molar-refractivity contribution in [3.05, 3.63) is 49.0 Å². The minimum atomic E-state index is 0.867. The van der Waals surface area contributed by atoms with Crippen LogP contribution in [0.2, 0.25) is 0 Å². The van der Waals surface area contributed by atoms with Crippen molar-refractivity contribution in [2.24, 2.45) is 0 Å². The fourth-order valence-corrected chi connectivity index (χ4v) is 1.46. The lowest BCUT2D eigenvalue weighted by Gasteiger charge is -2.00. The van der Waals surface area contributed by atoms with Gasteiger partial charge in [-0.25, -0.2) is 0 Å². The fraction of sp³-hybridized carbons (Fsp3) is 0.0833. The van der Waals surface area contributed by atoms with Crippen LogP contribution in [0.5, 0.6) is 0 Å². The Morgan fingerprint density at radius 3 is 3.14 bits per heavy atom. The van der Waals surface area contributed by atoms with Gasteiger partial charge in [0.15, 0.2) is 0 Å². The smallest absolute Gasteiger partial charge is 0.137 e. The molecule has 0 aliphatic carbocycles. The van der Waals surface area contributed by atoms with Crippen LogP contribution < -0.4 is 0 Å². The number of furan rings is 1. The van der Waals surface area contributed by atoms with E-state index in [0.717, 1.165) is 22.2 Å². The molecule has 2 heterocycles. The van der Waals surface area contributed by atoms with Gasteiger partial charge in [0.05, 0.1) is 12.0 Å². The molecule has 2 heteroatoms. The molecule has 0 radical (unpaired) electrons. The van der Waals surface area contributed by atoms with Crippen LogP contribution >= 0.6 is 0 Å². The van der Waals surface area contributed by atoms with Gasteiger partial charge in [-0.15, -0.1) is 0 Å². The van der Waals surface area contributed by atoms with Crippen LogP contribution in [-0.2, 0) is 0 Å². The molecule has 2 nitrogen and oxygen atoms in total. The summed E-state index contributed by atoms with van der Waals surface area (Å²) in [5, 5.41) is 1.04. The summed E-state index contributed by atoms with van der Waals surface area (Å²) in [6, 6.07) is 3.79. The zero-order chi connectivity index (χ0) is 9.97. The van der Waals surface area contributed by atoms with E-state index in [1.54, 1.807) is 18.5 Å². The first-order chi connectivity index (χ1) is 6.83. The second kappa shape index (κ2) is 3.50. The normalized spacial score (nSPS) is 11.9. The van der Waals surface area contributed by atoms with E-state index in [4.69, 9.17) is 4.42 Å². The van der Waals surface area contributed by atoms with Gasteiger partial charge in [-0.1, -0.05) is 18.7 Å². The van der Waals surface area contributed by atoms with Gasteiger partial charge in [0.25, 0.3) is 0 Å². The maximum absolute atomic E-state index is 5.29. The molecule has 2 rings (SSSR count). The highest BCUT2D eigenvalue weighted by Gasteiger charge is 2.04. The average Bonchev–Trinajstić information content (AvgIpc) is 2.65. The zero-order valence-electron chi connectivity index (χ0n) is 8.03. The molecule has 0 bridgehead atoms. The van der Waals surface area contributed by atoms with Crippen LogP contribution in [0.15, 0.2) is 47.7 Å². The maximum atomic E-state index is 5.29. The summed E-state index contributed by atoms with van der Waals surface area (Å²) in [7, 11) is 0. The molecule has 14 heavy (non-hydrogen) atoms. The van der Waals surface area contributed by atoms with E-state index < -0.39 is 0 Å². The first kappa shape index (κ1) is 8.75. The molecule has 0 N–H and O–H groups in total. The van der Waals surface area contributed by atoms with Crippen LogP contribution in [-0.4, -0.2) is 4.98 Å². The highest BCUT2D eigenvalue weighted by molar-refractivity contribution is 5.88. The van der Waals surface area contributed by atoms with E-state index in [2.05, 4.69) is 11.6 Å². The van der Waals surface area contributed by atoms with E-state index in [0.29, 0.717) is 0 Å². The third kappa shape index (κ3) is 1.35. The first-order valence-corrected chi connectivity index (χ1v) is 4.45. The monoisotopic (exact) mass is 185 g/mol. The zero-order valence-corrected chi connectivity index (χ0v) is 8.03. The second-order valence-electron chi connectivity index (χ2n) is 3.08. The van der Waals surface area contributed by atoms with E-state index in [-0.39, 0.29) is 0 Å². The Morgan fingerprint density at radius 1 is 1.50 bits per heavy atom. The van der Waals surface area contributed by atoms with Crippen LogP contribution in [0.25, 0.3) is 16.5 Å². The van der Waals surface area contributed by atoms with Crippen molar-refractivity contribution in [2.45, 2.75) is 6.92 Å². The number of rotatable bonds is 2. The molecule has 0 spiro atoms. The molecule has 0 saturated carbocycles. The number of hydrogen-bond acceptors (Lipinski definition) is 2. The standard InChI is InChI=1S/C12H11NO/c1-3-4-9(2)12-10-6-8-14-11(10)5-7-13-12/h3-8H,1H2,2H3/b9-4+. The van der Waals surface area contributed by atoms with Crippen LogP contribution in [0, 0.1) is 0 Å². The SMILES string of the molecule is C=C/C=C(\C)c1nccc2occc12. The molecule has 0 aliphatic rings. The Kier molecular flexibility index (Phi) is 2.19. The van der Waals surface area contributed by atoms with Crippen molar-refractivity contribution in [1.29, 1.82) is 0 Å². The van der Waals surface area contributed by atoms with Crippen molar-refractivity contribution in [2.75, 3.05) is 0 Å². The summed E-state index contributed by atoms with van der Waals surface area (Å²) < 4.78 is 5.29. The van der Waals surface area contributed by atoms with E-state index in [9.17, 15) is 0 Å².